The van der Waals surface area contributed by atoms with E-state index in [1.54, 1.807) is 29.4 Å². The molecule has 6 N–H and O–H groups in total. The first-order valence-electron chi connectivity index (χ1n) is 11.8. The van der Waals surface area contributed by atoms with E-state index in [0.29, 0.717) is 38.0 Å². The normalized spacial score (nSPS) is 14.2. The minimum absolute atomic E-state index is 0.0357. The summed E-state index contributed by atoms with van der Waals surface area (Å²) in [5.41, 5.74) is 7.86. The van der Waals surface area contributed by atoms with E-state index in [9.17, 15) is 35.9 Å². The van der Waals surface area contributed by atoms with E-state index in [1.807, 2.05) is 24.3 Å². The Morgan fingerprint density at radius 2 is 1.38 bits per heavy atom. The predicted octanol–water partition coefficient (Wildman–Crippen LogP) is 3.79. The molecule has 18 heteroatoms. The zero-order chi connectivity index (χ0) is 32.1. The first-order chi connectivity index (χ1) is 19.4. The van der Waals surface area contributed by atoms with E-state index in [-0.39, 0.29) is 18.0 Å². The third kappa shape index (κ3) is 14.1. The molecule has 0 spiro atoms. The van der Waals surface area contributed by atoms with Gasteiger partial charge in [0, 0.05) is 41.7 Å². The highest BCUT2D eigenvalue weighted by molar-refractivity contribution is 9.10. The Balaban J connectivity index is 0.000000522. The average molecular weight is 674 g/mol. The molecule has 0 aliphatic carbocycles. The van der Waals surface area contributed by atoms with Crippen LogP contribution in [0.1, 0.15) is 18.4 Å². The highest BCUT2D eigenvalue weighted by Crippen LogP contribution is 2.16. The number of nitrogens with one attached hydrogen (secondary N) is 2. The summed E-state index contributed by atoms with van der Waals surface area (Å²) in [6.07, 6.45) is -4.99. The van der Waals surface area contributed by atoms with Gasteiger partial charge in [-0.3, -0.25) is 9.78 Å². The van der Waals surface area contributed by atoms with Crippen LogP contribution in [0.4, 0.5) is 36.8 Å². The van der Waals surface area contributed by atoms with Gasteiger partial charge in [0.25, 0.3) is 0 Å². The third-order valence-corrected chi connectivity index (χ3v) is 5.78. The van der Waals surface area contributed by atoms with Crippen LogP contribution >= 0.6 is 15.9 Å². The summed E-state index contributed by atoms with van der Waals surface area (Å²) < 4.78 is 64.5. The molecule has 1 aromatic heterocycles. The van der Waals surface area contributed by atoms with Gasteiger partial charge in [0.15, 0.2) is 0 Å². The van der Waals surface area contributed by atoms with Crippen LogP contribution in [0, 0.1) is 0 Å². The molecule has 3 rings (SSSR count). The molecule has 0 saturated carbocycles. The molecule has 232 valence electrons. The van der Waals surface area contributed by atoms with Crippen LogP contribution in [0.2, 0.25) is 0 Å². The maximum absolute atomic E-state index is 12.6. The summed E-state index contributed by atoms with van der Waals surface area (Å²) in [6.45, 7) is 1.18. The van der Waals surface area contributed by atoms with Crippen molar-refractivity contribution in [2.75, 3.05) is 18.4 Å². The van der Waals surface area contributed by atoms with Gasteiger partial charge in [0.1, 0.15) is 0 Å². The van der Waals surface area contributed by atoms with E-state index < -0.39 is 30.3 Å². The van der Waals surface area contributed by atoms with Crippen molar-refractivity contribution in [2.45, 2.75) is 43.7 Å². The van der Waals surface area contributed by atoms with Gasteiger partial charge in [-0.1, -0.05) is 28.1 Å². The van der Waals surface area contributed by atoms with E-state index in [4.69, 9.17) is 25.5 Å². The van der Waals surface area contributed by atoms with Crippen LogP contribution < -0.4 is 16.4 Å². The molecule has 0 unspecified atom stereocenters. The number of carboxylic acids is 2. The van der Waals surface area contributed by atoms with Crippen molar-refractivity contribution in [1.29, 1.82) is 0 Å². The number of rotatable bonds is 5. The zero-order valence-electron chi connectivity index (χ0n) is 21.5. The predicted molar refractivity (Wildman–Crippen MR) is 139 cm³/mol. The molecule has 0 radical (unpaired) electrons. The quantitative estimate of drug-likeness (QED) is 0.298. The number of hydrogen-bond donors (Lipinski definition) is 5. The molecule has 1 atom stereocenters. The molecule has 1 fully saturated rings. The Bertz CT molecular complexity index is 1150. The number of nitrogens with two attached hydrogens (primary N) is 1. The second kappa shape index (κ2) is 16.5. The number of likely N-dealkylation sites (tertiary alicyclic amines) is 1. The number of nitrogens with zero attached hydrogens (tertiary/aromatic N) is 2. The molecule has 11 nitrogen and oxygen atoms in total. The summed E-state index contributed by atoms with van der Waals surface area (Å²) in [4.78, 5) is 48.2. The van der Waals surface area contributed by atoms with Crippen LogP contribution in [-0.2, 0) is 20.8 Å². The summed E-state index contributed by atoms with van der Waals surface area (Å²) in [5.74, 6) is -5.55. The number of urea groups is 1. The Morgan fingerprint density at radius 1 is 0.929 bits per heavy atom. The molecule has 1 aromatic carbocycles. The van der Waals surface area contributed by atoms with Crippen molar-refractivity contribution in [3.63, 3.8) is 0 Å². The first-order valence-corrected chi connectivity index (χ1v) is 12.6. The molecule has 1 aliphatic heterocycles. The van der Waals surface area contributed by atoms with Crippen molar-refractivity contribution in [3.05, 3.63) is 58.8 Å². The van der Waals surface area contributed by atoms with E-state index >= 15 is 0 Å². The van der Waals surface area contributed by atoms with Gasteiger partial charge < -0.3 is 31.5 Å². The number of carbonyl (C=O) groups excluding carboxylic acids is 2. The number of pyridine rings is 1. The summed E-state index contributed by atoms with van der Waals surface area (Å²) in [5, 5.41) is 20.0. The maximum Gasteiger partial charge on any atom is 0.490 e. The second-order valence-electron chi connectivity index (χ2n) is 8.48. The number of amides is 3. The number of hydrogen-bond acceptors (Lipinski definition) is 6. The van der Waals surface area contributed by atoms with Crippen LogP contribution in [0.3, 0.4) is 0 Å². The van der Waals surface area contributed by atoms with Gasteiger partial charge in [-0.25, -0.2) is 14.4 Å². The van der Waals surface area contributed by atoms with Gasteiger partial charge in [-0.2, -0.15) is 26.3 Å². The standard InChI is InChI=1S/C20H24BrN5O2.2C2HF3O2/c21-15-3-1-14(2-4-15)13-18(22)19(27)26-11-7-17(8-12-26)25-20(28)24-16-5-9-23-10-6-16;2*3-2(4,5)1(6)7/h1-6,9-10,17-18H,7-8,11-13,22H2,(H2,23,24,25,28);2*(H,6,7)/t18-;;/m0../s1. The molecule has 1 aliphatic rings. The topological polar surface area (TPSA) is 175 Å². The molecule has 0 bridgehead atoms. The van der Waals surface area contributed by atoms with Crippen molar-refractivity contribution < 1.29 is 55.7 Å². The van der Waals surface area contributed by atoms with E-state index in [0.717, 1.165) is 10.0 Å². The fourth-order valence-corrected chi connectivity index (χ4v) is 3.49. The minimum atomic E-state index is -5.08. The lowest BCUT2D eigenvalue weighted by atomic mass is 10.0. The Kier molecular flexibility index (Phi) is 14.2. The Morgan fingerprint density at radius 3 is 1.81 bits per heavy atom. The number of carbonyl (C=O) groups is 4. The molecular weight excluding hydrogens is 648 g/mol. The first kappa shape index (κ1) is 36.1. The second-order valence-corrected chi connectivity index (χ2v) is 9.39. The number of alkyl halides is 6. The molecule has 3 amide bonds. The molecular formula is C24H26BrF6N5O6. The fraction of sp³-hybridized carbons (Fsp3) is 0.375. The minimum Gasteiger partial charge on any atom is -0.475 e. The van der Waals surface area contributed by atoms with Gasteiger partial charge >= 0.3 is 30.3 Å². The molecule has 42 heavy (non-hydrogen) atoms. The smallest absolute Gasteiger partial charge is 0.475 e. The maximum atomic E-state index is 12.6. The van der Waals surface area contributed by atoms with Gasteiger partial charge in [0.05, 0.1) is 6.04 Å². The number of anilines is 1. The number of aliphatic carboxylic acids is 2. The fourth-order valence-electron chi connectivity index (χ4n) is 3.23. The number of benzene rings is 1. The third-order valence-electron chi connectivity index (χ3n) is 5.25. The van der Waals surface area contributed by atoms with Crippen LogP contribution in [0.15, 0.2) is 53.3 Å². The summed E-state index contributed by atoms with van der Waals surface area (Å²) in [7, 11) is 0. The van der Waals surface area contributed by atoms with Crippen LogP contribution in [0.5, 0.6) is 0 Å². The van der Waals surface area contributed by atoms with E-state index in [1.165, 1.54) is 0 Å². The Labute approximate surface area is 243 Å². The van der Waals surface area contributed by atoms with Gasteiger partial charge in [-0.05, 0) is 49.1 Å². The molecule has 1 saturated heterocycles. The largest absolute Gasteiger partial charge is 0.490 e. The summed E-state index contributed by atoms with van der Waals surface area (Å²) >= 11 is 3.40. The van der Waals surface area contributed by atoms with Crippen molar-refractivity contribution >= 4 is 45.5 Å². The number of halogens is 7. The lowest BCUT2D eigenvalue weighted by Gasteiger charge is -2.33. The number of carboxylic acid groups (broad SMARTS) is 2. The van der Waals surface area contributed by atoms with E-state index in [2.05, 4.69) is 31.5 Å². The zero-order valence-corrected chi connectivity index (χ0v) is 23.0. The van der Waals surface area contributed by atoms with Crippen molar-refractivity contribution in [3.8, 4) is 0 Å². The number of aromatic nitrogens is 1. The van der Waals surface area contributed by atoms with Gasteiger partial charge in [0.2, 0.25) is 5.91 Å². The number of piperidine rings is 1. The highest BCUT2D eigenvalue weighted by Gasteiger charge is 2.38. The SMILES string of the molecule is N[C@@H](Cc1ccc(Br)cc1)C(=O)N1CCC(NC(=O)Nc2ccncc2)CC1.O=C(O)C(F)(F)F.O=C(O)C(F)(F)F. The van der Waals surface area contributed by atoms with Crippen molar-refractivity contribution in [1.82, 2.24) is 15.2 Å². The molecule has 2 heterocycles. The summed E-state index contributed by atoms with van der Waals surface area (Å²) in [6, 6.07) is 10.5. The monoisotopic (exact) mass is 673 g/mol. The lowest BCUT2D eigenvalue weighted by molar-refractivity contribution is -0.193. The average Bonchev–Trinajstić information content (AvgIpc) is 2.90. The van der Waals surface area contributed by atoms with Gasteiger partial charge in [-0.15, -0.1) is 0 Å². The van der Waals surface area contributed by atoms with Crippen LogP contribution in [-0.4, -0.2) is 81.5 Å². The van der Waals surface area contributed by atoms with Crippen LogP contribution in [0.25, 0.3) is 0 Å². The lowest BCUT2D eigenvalue weighted by Crippen LogP contribution is -2.51. The highest BCUT2D eigenvalue weighted by atomic mass is 79.9. The Hall–Kier alpha value is -3.93. The van der Waals surface area contributed by atoms with Crippen molar-refractivity contribution in [2.24, 2.45) is 5.73 Å². The molecule has 2 aromatic rings.